The fraction of sp³-hybridized carbons (Fsp3) is 0.583. The number of allylic oxidation sites excluding steroid dienone is 1. The van der Waals surface area contributed by atoms with Crippen LogP contribution in [0, 0.1) is 5.92 Å². The van der Waals surface area contributed by atoms with Crippen molar-refractivity contribution in [1.29, 1.82) is 0 Å². The highest BCUT2D eigenvalue weighted by Gasteiger charge is 2.26. The molecule has 0 saturated heterocycles. The van der Waals surface area contributed by atoms with E-state index in [0.717, 1.165) is 12.7 Å². The summed E-state index contributed by atoms with van der Waals surface area (Å²) in [6.07, 6.45) is 4.47. The maximum absolute atomic E-state index is 13.4. The molecule has 1 unspecified atom stereocenters. The monoisotopic (exact) mass is 240 g/mol. The van der Waals surface area contributed by atoms with Crippen LogP contribution in [0.25, 0.3) is 0 Å². The molecular weight excluding hydrogens is 223 g/mol. The topological polar surface area (TPSA) is 56.0 Å². The number of carbonyl (C=O) groups is 1. The zero-order valence-corrected chi connectivity index (χ0v) is 10.1. The lowest BCUT2D eigenvalue weighted by atomic mass is 10.0. The lowest BCUT2D eigenvalue weighted by molar-refractivity contribution is -0.110. The van der Waals surface area contributed by atoms with Crippen LogP contribution in [-0.4, -0.2) is 16.4 Å². The third-order valence-corrected chi connectivity index (χ3v) is 2.39. The number of nitrogens with zero attached hydrogens (tertiary/aromatic N) is 2. The summed E-state index contributed by atoms with van der Waals surface area (Å²) in [5.74, 6) is 0.321. The van der Waals surface area contributed by atoms with E-state index < -0.39 is 5.67 Å². The summed E-state index contributed by atoms with van der Waals surface area (Å²) in [5.41, 5.74) is -1.61. The highest BCUT2D eigenvalue weighted by atomic mass is 19.1. The summed E-state index contributed by atoms with van der Waals surface area (Å²) in [5, 5.41) is 3.69. The number of hydrogen-bond acceptors (Lipinski definition) is 4. The Hall–Kier alpha value is -1.52. The fourth-order valence-corrected chi connectivity index (χ4v) is 1.33. The first-order valence-corrected chi connectivity index (χ1v) is 5.57. The molecule has 1 rings (SSSR count). The van der Waals surface area contributed by atoms with Crippen molar-refractivity contribution >= 4 is 6.29 Å². The zero-order chi connectivity index (χ0) is 12.9. The van der Waals surface area contributed by atoms with Crippen LogP contribution in [0.1, 0.15) is 38.4 Å². The quantitative estimate of drug-likeness (QED) is 0.543. The molecule has 0 aromatic carbocycles. The molecule has 1 heterocycles. The van der Waals surface area contributed by atoms with Gasteiger partial charge in [-0.05, 0) is 26.7 Å². The highest BCUT2D eigenvalue weighted by molar-refractivity contribution is 5.56. The summed E-state index contributed by atoms with van der Waals surface area (Å²) in [6.45, 7) is 6.29. The Balaban J connectivity index is 2.45. The second-order valence-corrected chi connectivity index (χ2v) is 4.42. The SMILES string of the molecule is C=CC(C=O)CCCc1noc(C(C)(C)F)n1. The van der Waals surface area contributed by atoms with Crippen molar-refractivity contribution < 1.29 is 13.7 Å². The van der Waals surface area contributed by atoms with Gasteiger partial charge in [-0.1, -0.05) is 11.2 Å². The van der Waals surface area contributed by atoms with Gasteiger partial charge in [0.1, 0.15) is 6.29 Å². The molecule has 0 fully saturated rings. The van der Waals surface area contributed by atoms with Crippen LogP contribution in [0.4, 0.5) is 4.39 Å². The molecule has 5 heteroatoms. The maximum atomic E-state index is 13.4. The molecule has 1 atom stereocenters. The number of rotatable bonds is 7. The van der Waals surface area contributed by atoms with Crippen LogP contribution in [0.5, 0.6) is 0 Å². The molecule has 0 aliphatic heterocycles. The summed E-state index contributed by atoms with van der Waals surface area (Å²) < 4.78 is 18.3. The normalized spacial score (nSPS) is 13.4. The molecule has 0 spiro atoms. The van der Waals surface area contributed by atoms with Crippen LogP contribution in [0.15, 0.2) is 17.2 Å². The summed E-state index contributed by atoms with van der Waals surface area (Å²) >= 11 is 0. The van der Waals surface area contributed by atoms with Crippen LogP contribution in [0.3, 0.4) is 0 Å². The lowest BCUT2D eigenvalue weighted by Gasteiger charge is -2.05. The van der Waals surface area contributed by atoms with Crippen molar-refractivity contribution in [2.45, 2.75) is 38.8 Å². The van der Waals surface area contributed by atoms with Crippen LogP contribution < -0.4 is 0 Å². The number of aldehydes is 1. The highest BCUT2D eigenvalue weighted by Crippen LogP contribution is 2.22. The van der Waals surface area contributed by atoms with E-state index in [1.165, 1.54) is 13.8 Å². The van der Waals surface area contributed by atoms with E-state index in [-0.39, 0.29) is 11.8 Å². The van der Waals surface area contributed by atoms with Gasteiger partial charge in [-0.3, -0.25) is 0 Å². The Labute approximate surface area is 99.9 Å². The number of hydrogen-bond donors (Lipinski definition) is 0. The number of halogens is 1. The number of alkyl halides is 1. The smallest absolute Gasteiger partial charge is 0.263 e. The summed E-state index contributed by atoms with van der Waals surface area (Å²) in [4.78, 5) is 14.5. The van der Waals surface area contributed by atoms with Gasteiger partial charge in [-0.15, -0.1) is 6.58 Å². The van der Waals surface area contributed by atoms with Gasteiger partial charge in [0.05, 0.1) is 0 Å². The molecule has 0 aliphatic rings. The zero-order valence-electron chi connectivity index (χ0n) is 10.1. The minimum absolute atomic E-state index is 0.0110. The second-order valence-electron chi connectivity index (χ2n) is 4.42. The average molecular weight is 240 g/mol. The van der Waals surface area contributed by atoms with Crippen LogP contribution >= 0.6 is 0 Å². The van der Waals surface area contributed by atoms with Crippen molar-refractivity contribution in [1.82, 2.24) is 10.1 Å². The third kappa shape index (κ3) is 4.09. The predicted octanol–water partition coefficient (Wildman–Crippen LogP) is 2.60. The summed E-state index contributed by atoms with van der Waals surface area (Å²) in [7, 11) is 0. The molecule has 0 bridgehead atoms. The van der Waals surface area contributed by atoms with E-state index in [9.17, 15) is 9.18 Å². The van der Waals surface area contributed by atoms with E-state index in [0.29, 0.717) is 18.7 Å². The van der Waals surface area contributed by atoms with E-state index in [1.807, 2.05) is 0 Å². The molecule has 0 N–H and O–H groups in total. The Kier molecular flexibility index (Phi) is 4.54. The first-order chi connectivity index (χ1) is 7.97. The molecule has 0 saturated carbocycles. The minimum atomic E-state index is -1.61. The van der Waals surface area contributed by atoms with Gasteiger partial charge in [0.2, 0.25) is 0 Å². The van der Waals surface area contributed by atoms with Crippen LogP contribution in [0.2, 0.25) is 0 Å². The second kappa shape index (κ2) is 5.70. The summed E-state index contributed by atoms with van der Waals surface area (Å²) in [6, 6.07) is 0. The lowest BCUT2D eigenvalue weighted by Crippen LogP contribution is -2.09. The van der Waals surface area contributed by atoms with Crippen molar-refractivity contribution in [3.05, 3.63) is 24.4 Å². The van der Waals surface area contributed by atoms with Crippen LogP contribution in [-0.2, 0) is 16.9 Å². The van der Waals surface area contributed by atoms with Crippen molar-refractivity contribution in [2.75, 3.05) is 0 Å². The molecule has 0 aliphatic carbocycles. The largest absolute Gasteiger partial charge is 0.336 e. The van der Waals surface area contributed by atoms with Gasteiger partial charge < -0.3 is 9.32 Å². The van der Waals surface area contributed by atoms with E-state index in [1.54, 1.807) is 6.08 Å². The van der Waals surface area contributed by atoms with E-state index in [4.69, 9.17) is 4.52 Å². The van der Waals surface area contributed by atoms with Gasteiger partial charge in [0.15, 0.2) is 11.5 Å². The maximum Gasteiger partial charge on any atom is 0.263 e. The Morgan fingerprint density at radius 3 is 2.76 bits per heavy atom. The minimum Gasteiger partial charge on any atom is -0.336 e. The molecular formula is C12H17FN2O2. The molecule has 0 radical (unpaired) electrons. The van der Waals surface area contributed by atoms with Gasteiger partial charge in [0.25, 0.3) is 5.89 Å². The van der Waals surface area contributed by atoms with Crippen molar-refractivity contribution in [3.63, 3.8) is 0 Å². The van der Waals surface area contributed by atoms with E-state index >= 15 is 0 Å². The van der Waals surface area contributed by atoms with Gasteiger partial charge in [0, 0.05) is 12.3 Å². The Bertz CT molecular complexity index is 374. The van der Waals surface area contributed by atoms with Crippen molar-refractivity contribution in [2.24, 2.45) is 5.92 Å². The standard InChI is InChI=1S/C12H17FN2O2/c1-4-9(8-16)6-5-7-10-14-11(17-15-10)12(2,3)13/h4,8-9H,1,5-7H2,2-3H3. The predicted molar refractivity (Wildman–Crippen MR) is 61.1 cm³/mol. The molecule has 94 valence electrons. The molecule has 1 aromatic heterocycles. The van der Waals surface area contributed by atoms with Crippen molar-refractivity contribution in [3.8, 4) is 0 Å². The van der Waals surface area contributed by atoms with Gasteiger partial charge in [-0.25, -0.2) is 4.39 Å². The first kappa shape index (κ1) is 13.5. The Morgan fingerprint density at radius 1 is 1.59 bits per heavy atom. The number of carbonyl (C=O) groups excluding carboxylic acids is 1. The molecule has 0 amide bonds. The molecule has 4 nitrogen and oxygen atoms in total. The van der Waals surface area contributed by atoms with Gasteiger partial charge >= 0.3 is 0 Å². The first-order valence-electron chi connectivity index (χ1n) is 5.57. The Morgan fingerprint density at radius 2 is 2.29 bits per heavy atom. The van der Waals surface area contributed by atoms with Gasteiger partial charge in [-0.2, -0.15) is 4.98 Å². The fourth-order valence-electron chi connectivity index (χ4n) is 1.33. The number of aromatic nitrogens is 2. The molecule has 1 aromatic rings. The average Bonchev–Trinajstić information content (AvgIpc) is 2.73. The number of aryl methyl sites for hydroxylation is 1. The molecule has 17 heavy (non-hydrogen) atoms. The third-order valence-electron chi connectivity index (χ3n) is 2.39. The van der Waals surface area contributed by atoms with E-state index in [2.05, 4.69) is 16.7 Å².